The summed E-state index contributed by atoms with van der Waals surface area (Å²) in [6.45, 7) is 0.699. The van der Waals surface area contributed by atoms with E-state index in [1.807, 2.05) is 25.2 Å². The van der Waals surface area contributed by atoms with Gasteiger partial charge in [-0.2, -0.15) is 0 Å². The van der Waals surface area contributed by atoms with Crippen LogP contribution in [0.2, 0.25) is 0 Å². The van der Waals surface area contributed by atoms with Crippen LogP contribution in [0, 0.1) is 11.6 Å². The Morgan fingerprint density at radius 2 is 1.88 bits per heavy atom. The average molecular weight is 233 g/mol. The van der Waals surface area contributed by atoms with Crippen LogP contribution >= 0.6 is 0 Å². The molecule has 1 nitrogen and oxygen atoms in total. The van der Waals surface area contributed by atoms with E-state index in [9.17, 15) is 8.78 Å². The second-order valence-corrected chi connectivity index (χ2v) is 3.85. The van der Waals surface area contributed by atoms with E-state index in [4.69, 9.17) is 0 Å². The largest absolute Gasteiger partial charge is 0.316 e. The standard InChI is InChI=1S/C14H13F2N/c1-17-9-10-3-2-4-11(7-10)13-8-12(15)5-6-14(13)16/h2-8,17H,9H2,1H3. The van der Waals surface area contributed by atoms with Gasteiger partial charge in [0.15, 0.2) is 0 Å². The number of rotatable bonds is 3. The van der Waals surface area contributed by atoms with Crippen molar-refractivity contribution in [1.29, 1.82) is 0 Å². The molecule has 0 saturated heterocycles. The van der Waals surface area contributed by atoms with Crippen LogP contribution in [0.15, 0.2) is 42.5 Å². The Bertz CT molecular complexity index is 523. The van der Waals surface area contributed by atoms with Crippen molar-refractivity contribution in [3.8, 4) is 11.1 Å². The fourth-order valence-electron chi connectivity index (χ4n) is 1.77. The quantitative estimate of drug-likeness (QED) is 0.857. The zero-order chi connectivity index (χ0) is 12.3. The van der Waals surface area contributed by atoms with Crippen LogP contribution in [0.5, 0.6) is 0 Å². The number of nitrogens with one attached hydrogen (secondary N) is 1. The van der Waals surface area contributed by atoms with Crippen LogP contribution in [-0.2, 0) is 6.54 Å². The van der Waals surface area contributed by atoms with Crippen molar-refractivity contribution < 1.29 is 8.78 Å². The predicted molar refractivity (Wildman–Crippen MR) is 64.6 cm³/mol. The van der Waals surface area contributed by atoms with Gasteiger partial charge in [0, 0.05) is 12.1 Å². The van der Waals surface area contributed by atoms with Gasteiger partial charge in [-0.1, -0.05) is 18.2 Å². The van der Waals surface area contributed by atoms with Gasteiger partial charge < -0.3 is 5.32 Å². The van der Waals surface area contributed by atoms with Crippen molar-refractivity contribution in [3.05, 3.63) is 59.7 Å². The molecule has 0 aliphatic carbocycles. The van der Waals surface area contributed by atoms with Crippen LogP contribution in [-0.4, -0.2) is 7.05 Å². The molecule has 0 aliphatic rings. The van der Waals surface area contributed by atoms with E-state index in [2.05, 4.69) is 5.32 Å². The molecule has 2 aromatic rings. The molecule has 0 fully saturated rings. The summed E-state index contributed by atoms with van der Waals surface area (Å²) in [5.74, 6) is -0.839. The highest BCUT2D eigenvalue weighted by atomic mass is 19.1. The van der Waals surface area contributed by atoms with Gasteiger partial charge in [-0.05, 0) is 42.4 Å². The summed E-state index contributed by atoms with van der Waals surface area (Å²) < 4.78 is 26.7. The van der Waals surface area contributed by atoms with Crippen LogP contribution in [0.4, 0.5) is 8.78 Å². The van der Waals surface area contributed by atoms with E-state index in [-0.39, 0.29) is 0 Å². The summed E-state index contributed by atoms with van der Waals surface area (Å²) in [4.78, 5) is 0. The highest BCUT2D eigenvalue weighted by Gasteiger charge is 2.06. The van der Waals surface area contributed by atoms with Gasteiger partial charge in [0.1, 0.15) is 11.6 Å². The Morgan fingerprint density at radius 1 is 1.06 bits per heavy atom. The van der Waals surface area contributed by atoms with Crippen molar-refractivity contribution in [1.82, 2.24) is 5.32 Å². The molecule has 0 heterocycles. The molecule has 0 aliphatic heterocycles. The maximum absolute atomic E-state index is 13.6. The van der Waals surface area contributed by atoms with Crippen LogP contribution < -0.4 is 5.32 Å². The Labute approximate surface area is 99.1 Å². The van der Waals surface area contributed by atoms with Gasteiger partial charge in [0.25, 0.3) is 0 Å². The zero-order valence-electron chi connectivity index (χ0n) is 9.50. The first-order valence-electron chi connectivity index (χ1n) is 5.39. The Kier molecular flexibility index (Phi) is 3.49. The fourth-order valence-corrected chi connectivity index (χ4v) is 1.77. The minimum absolute atomic E-state index is 0.294. The topological polar surface area (TPSA) is 12.0 Å². The predicted octanol–water partition coefficient (Wildman–Crippen LogP) is 3.35. The average Bonchev–Trinajstić information content (AvgIpc) is 2.33. The molecule has 0 amide bonds. The van der Waals surface area contributed by atoms with Gasteiger partial charge in [-0.15, -0.1) is 0 Å². The number of hydrogen-bond donors (Lipinski definition) is 1. The maximum Gasteiger partial charge on any atom is 0.131 e. The van der Waals surface area contributed by atoms with Crippen LogP contribution in [0.1, 0.15) is 5.56 Å². The summed E-state index contributed by atoms with van der Waals surface area (Å²) in [5.41, 5.74) is 2.02. The van der Waals surface area contributed by atoms with Crippen LogP contribution in [0.25, 0.3) is 11.1 Å². The monoisotopic (exact) mass is 233 g/mol. The Balaban J connectivity index is 2.45. The van der Waals surface area contributed by atoms with E-state index >= 15 is 0 Å². The van der Waals surface area contributed by atoms with Crippen LogP contribution in [0.3, 0.4) is 0 Å². The molecule has 0 spiro atoms. The lowest BCUT2D eigenvalue weighted by atomic mass is 10.0. The molecule has 1 N–H and O–H groups in total. The second-order valence-electron chi connectivity index (χ2n) is 3.85. The fraction of sp³-hybridized carbons (Fsp3) is 0.143. The molecule has 0 aromatic heterocycles. The molecule has 0 bridgehead atoms. The molecule has 0 saturated carbocycles. The first kappa shape index (κ1) is 11.7. The Morgan fingerprint density at radius 3 is 2.65 bits per heavy atom. The lowest BCUT2D eigenvalue weighted by molar-refractivity contribution is 0.603. The molecule has 2 rings (SSSR count). The van der Waals surface area contributed by atoms with Gasteiger partial charge >= 0.3 is 0 Å². The Hall–Kier alpha value is -1.74. The summed E-state index contributed by atoms with van der Waals surface area (Å²) in [5, 5.41) is 3.02. The zero-order valence-corrected chi connectivity index (χ0v) is 9.50. The molecular formula is C14H13F2N. The number of hydrogen-bond acceptors (Lipinski definition) is 1. The minimum atomic E-state index is -0.430. The van der Waals surface area contributed by atoms with Gasteiger partial charge in [-0.25, -0.2) is 8.78 Å². The number of halogens is 2. The summed E-state index contributed by atoms with van der Waals surface area (Å²) >= 11 is 0. The second kappa shape index (κ2) is 5.06. The third kappa shape index (κ3) is 2.68. The summed E-state index contributed by atoms with van der Waals surface area (Å²) in [6.07, 6.45) is 0. The van der Waals surface area contributed by atoms with E-state index < -0.39 is 11.6 Å². The molecule has 2 aromatic carbocycles. The molecule has 0 unspecified atom stereocenters. The first-order valence-corrected chi connectivity index (χ1v) is 5.39. The van der Waals surface area contributed by atoms with E-state index in [0.29, 0.717) is 17.7 Å². The highest BCUT2D eigenvalue weighted by Crippen LogP contribution is 2.24. The van der Waals surface area contributed by atoms with E-state index in [1.54, 1.807) is 6.07 Å². The van der Waals surface area contributed by atoms with Crippen molar-refractivity contribution in [2.45, 2.75) is 6.54 Å². The summed E-state index contributed by atoms with van der Waals surface area (Å²) in [6, 6.07) is 10.9. The highest BCUT2D eigenvalue weighted by molar-refractivity contribution is 5.64. The first-order chi connectivity index (χ1) is 8.20. The minimum Gasteiger partial charge on any atom is -0.316 e. The maximum atomic E-state index is 13.6. The third-order valence-corrected chi connectivity index (χ3v) is 2.55. The van der Waals surface area contributed by atoms with Crippen molar-refractivity contribution in [2.24, 2.45) is 0 Å². The van der Waals surface area contributed by atoms with Crippen molar-refractivity contribution in [2.75, 3.05) is 7.05 Å². The molecular weight excluding hydrogens is 220 g/mol. The van der Waals surface area contributed by atoms with Crippen molar-refractivity contribution in [3.63, 3.8) is 0 Å². The lowest BCUT2D eigenvalue weighted by Crippen LogP contribution is -2.04. The van der Waals surface area contributed by atoms with Gasteiger partial charge in [0.05, 0.1) is 0 Å². The van der Waals surface area contributed by atoms with Gasteiger partial charge in [-0.3, -0.25) is 0 Å². The third-order valence-electron chi connectivity index (χ3n) is 2.55. The van der Waals surface area contributed by atoms with Gasteiger partial charge in [0.2, 0.25) is 0 Å². The van der Waals surface area contributed by atoms with Crippen molar-refractivity contribution >= 4 is 0 Å². The molecule has 3 heteroatoms. The lowest BCUT2D eigenvalue weighted by Gasteiger charge is -2.06. The SMILES string of the molecule is CNCc1cccc(-c2cc(F)ccc2F)c1. The van der Waals surface area contributed by atoms with E-state index in [1.165, 1.54) is 6.07 Å². The smallest absolute Gasteiger partial charge is 0.131 e. The molecule has 0 atom stereocenters. The molecule has 17 heavy (non-hydrogen) atoms. The normalized spacial score (nSPS) is 10.5. The number of benzene rings is 2. The summed E-state index contributed by atoms with van der Waals surface area (Å²) in [7, 11) is 1.84. The molecule has 88 valence electrons. The molecule has 0 radical (unpaired) electrons. The van der Waals surface area contributed by atoms with E-state index in [0.717, 1.165) is 17.7 Å².